The molecule has 1 aromatic heterocycles. The number of aromatic nitrogens is 1. The number of rotatable bonds is 7. The van der Waals surface area contributed by atoms with Crippen molar-refractivity contribution in [2.45, 2.75) is 37.3 Å². The first-order valence-electron chi connectivity index (χ1n) is 10.6. The van der Waals surface area contributed by atoms with Crippen LogP contribution >= 0.6 is 11.8 Å². The highest BCUT2D eigenvalue weighted by Gasteiger charge is 2.60. The van der Waals surface area contributed by atoms with Gasteiger partial charge in [0.1, 0.15) is 12.0 Å². The second kappa shape index (κ2) is 7.78. The Morgan fingerprint density at radius 2 is 2.09 bits per heavy atom. The van der Waals surface area contributed by atoms with E-state index in [4.69, 9.17) is 4.42 Å². The lowest BCUT2D eigenvalue weighted by atomic mass is 9.79. The molecule has 2 amide bonds. The lowest BCUT2D eigenvalue weighted by Crippen LogP contribution is -2.63. The Morgan fingerprint density at radius 3 is 2.69 bits per heavy atom. The minimum Gasteiger partial charge on any atom is -0.477 e. The molecule has 0 bridgehead atoms. The molecule has 0 aliphatic carbocycles. The number of oxazole rings is 1. The maximum Gasteiger partial charge on any atom is 0.353 e. The van der Waals surface area contributed by atoms with Crippen molar-refractivity contribution in [1.82, 2.24) is 20.5 Å². The van der Waals surface area contributed by atoms with Gasteiger partial charge >= 0.3 is 5.97 Å². The number of carbonyl (C=O) groups excluding carboxylic acids is 2. The van der Waals surface area contributed by atoms with Crippen LogP contribution in [0.4, 0.5) is 6.01 Å². The van der Waals surface area contributed by atoms with Crippen LogP contribution in [0.15, 0.2) is 21.3 Å². The number of hydrogen-bond acceptors (Lipinski definition) is 9. The Kier molecular flexibility index (Phi) is 5.18. The fourth-order valence-electron chi connectivity index (χ4n) is 4.69. The monoisotopic (exact) mass is 463 g/mol. The maximum atomic E-state index is 12.4. The fourth-order valence-corrected chi connectivity index (χ4v) is 6.21. The lowest BCUT2D eigenvalue weighted by Gasteiger charge is -2.46. The zero-order chi connectivity index (χ0) is 22.7. The van der Waals surface area contributed by atoms with Crippen molar-refractivity contribution in [2.24, 2.45) is 11.8 Å². The van der Waals surface area contributed by atoms with E-state index in [1.807, 2.05) is 11.8 Å². The van der Waals surface area contributed by atoms with Crippen LogP contribution in [0.3, 0.4) is 0 Å². The zero-order valence-corrected chi connectivity index (χ0v) is 18.5. The highest BCUT2D eigenvalue weighted by Crippen LogP contribution is 2.52. The van der Waals surface area contributed by atoms with Crippen molar-refractivity contribution in [3.05, 3.63) is 22.6 Å². The van der Waals surface area contributed by atoms with Crippen LogP contribution in [0, 0.1) is 11.8 Å². The zero-order valence-electron chi connectivity index (χ0n) is 17.6. The van der Waals surface area contributed by atoms with Gasteiger partial charge in [0.2, 0.25) is 5.91 Å². The third kappa shape index (κ3) is 3.28. The SMILES string of the molecule is C[C@@H](O)[C@H]1C(=O)N2C(C(=O)O)=C(SC3CN(c4nc(C(=O)NC5CNC5)co4)C3)[C@H](C)[C@H]12. The van der Waals surface area contributed by atoms with Crippen LogP contribution in [0.25, 0.3) is 0 Å². The Bertz CT molecular complexity index is 998. The van der Waals surface area contributed by atoms with Crippen molar-refractivity contribution in [3.8, 4) is 0 Å². The van der Waals surface area contributed by atoms with Crippen LogP contribution in [0.5, 0.6) is 0 Å². The third-order valence-corrected chi connectivity index (χ3v) is 8.02. The standard InChI is InChI=1S/C20H25N5O6S/c1-8-14-13(9(2)26)18(28)25(14)15(19(29)30)16(8)32-11-5-24(6-11)20-23-12(7-31-20)17(27)22-10-3-21-4-10/h7-11,13-14,21,26H,3-6H2,1-2H3,(H,22,27)(H,29,30)/t8-,9-,13-,14-/m1/s1. The summed E-state index contributed by atoms with van der Waals surface area (Å²) >= 11 is 1.46. The molecule has 11 nitrogen and oxygen atoms in total. The average Bonchev–Trinajstić information content (AvgIpc) is 3.23. The molecule has 5 rings (SSSR count). The molecule has 0 saturated carbocycles. The first-order valence-corrected chi connectivity index (χ1v) is 11.5. The van der Waals surface area contributed by atoms with E-state index in [0.29, 0.717) is 24.0 Å². The van der Waals surface area contributed by atoms with Crippen LogP contribution in [-0.4, -0.2) is 87.5 Å². The molecule has 4 aliphatic heterocycles. The van der Waals surface area contributed by atoms with E-state index in [1.54, 1.807) is 6.92 Å². The number of carbonyl (C=O) groups is 3. The van der Waals surface area contributed by atoms with E-state index < -0.39 is 18.0 Å². The summed E-state index contributed by atoms with van der Waals surface area (Å²) in [5, 5.41) is 25.7. The van der Waals surface area contributed by atoms with Gasteiger partial charge in [-0.15, -0.1) is 11.8 Å². The van der Waals surface area contributed by atoms with E-state index in [2.05, 4.69) is 15.6 Å². The van der Waals surface area contributed by atoms with Gasteiger partial charge in [-0.25, -0.2) is 4.79 Å². The molecule has 5 heterocycles. The summed E-state index contributed by atoms with van der Waals surface area (Å²) in [4.78, 5) is 44.7. The Balaban J connectivity index is 1.22. The number of fused-ring (bicyclic) bond motifs is 1. The Hall–Kier alpha value is -2.57. The average molecular weight is 464 g/mol. The highest BCUT2D eigenvalue weighted by molar-refractivity contribution is 8.03. The first kappa shape index (κ1) is 21.3. The van der Waals surface area contributed by atoms with Crippen LogP contribution in [0.2, 0.25) is 0 Å². The van der Waals surface area contributed by atoms with Crippen molar-refractivity contribution >= 4 is 35.6 Å². The molecule has 0 spiro atoms. The van der Waals surface area contributed by atoms with Crippen LogP contribution in [-0.2, 0) is 9.59 Å². The van der Waals surface area contributed by atoms with Crippen LogP contribution in [0.1, 0.15) is 24.3 Å². The molecule has 3 fully saturated rings. The molecule has 0 unspecified atom stereocenters. The smallest absolute Gasteiger partial charge is 0.353 e. The molecule has 4 atom stereocenters. The van der Waals surface area contributed by atoms with Gasteiger partial charge in [-0.1, -0.05) is 6.92 Å². The van der Waals surface area contributed by atoms with E-state index in [0.717, 1.165) is 13.1 Å². The van der Waals surface area contributed by atoms with E-state index in [1.165, 1.54) is 22.9 Å². The van der Waals surface area contributed by atoms with Gasteiger partial charge < -0.3 is 35.1 Å². The minimum absolute atomic E-state index is 0.0356. The molecule has 3 saturated heterocycles. The van der Waals surface area contributed by atoms with Crippen LogP contribution < -0.4 is 15.5 Å². The predicted molar refractivity (Wildman–Crippen MR) is 114 cm³/mol. The third-order valence-electron chi connectivity index (χ3n) is 6.56. The van der Waals surface area contributed by atoms with Gasteiger partial charge in [-0.2, -0.15) is 4.98 Å². The molecule has 12 heteroatoms. The molecule has 1 aromatic rings. The summed E-state index contributed by atoms with van der Waals surface area (Å²) in [7, 11) is 0. The van der Waals surface area contributed by atoms with Crippen molar-refractivity contribution in [2.75, 3.05) is 31.1 Å². The maximum absolute atomic E-state index is 12.4. The lowest BCUT2D eigenvalue weighted by molar-refractivity contribution is -0.163. The van der Waals surface area contributed by atoms with Gasteiger partial charge in [0, 0.05) is 42.3 Å². The Morgan fingerprint density at radius 1 is 1.38 bits per heavy atom. The largest absolute Gasteiger partial charge is 0.477 e. The second-order valence-electron chi connectivity index (χ2n) is 8.76. The minimum atomic E-state index is -1.12. The summed E-state index contributed by atoms with van der Waals surface area (Å²) < 4.78 is 5.46. The number of nitrogens with one attached hydrogen (secondary N) is 2. The summed E-state index contributed by atoms with van der Waals surface area (Å²) in [5.74, 6) is -2.45. The predicted octanol–water partition coefficient (Wildman–Crippen LogP) is -0.548. The fraction of sp³-hybridized carbons (Fsp3) is 0.600. The van der Waals surface area contributed by atoms with Gasteiger partial charge in [0.25, 0.3) is 11.9 Å². The van der Waals surface area contributed by atoms with Crippen molar-refractivity contribution in [1.29, 1.82) is 0 Å². The van der Waals surface area contributed by atoms with Gasteiger partial charge in [0.15, 0.2) is 5.69 Å². The number of aliphatic carboxylic acids is 1. The van der Waals surface area contributed by atoms with Gasteiger partial charge in [0.05, 0.1) is 24.1 Å². The number of β-lactam (4-membered cyclic amide) rings is 1. The number of hydrogen-bond donors (Lipinski definition) is 4. The van der Waals surface area contributed by atoms with E-state index in [9.17, 15) is 24.6 Å². The Labute approximate surface area is 188 Å². The van der Waals surface area contributed by atoms with Crippen molar-refractivity contribution in [3.63, 3.8) is 0 Å². The molecule has 0 aromatic carbocycles. The highest BCUT2D eigenvalue weighted by atomic mass is 32.2. The first-order chi connectivity index (χ1) is 15.3. The normalized spacial score (nSPS) is 28.7. The van der Waals surface area contributed by atoms with Gasteiger partial charge in [-0.05, 0) is 6.92 Å². The summed E-state index contributed by atoms with van der Waals surface area (Å²) in [5.41, 5.74) is 0.267. The number of carboxylic acid groups (broad SMARTS) is 1. The molecular weight excluding hydrogens is 438 g/mol. The summed E-state index contributed by atoms with van der Waals surface area (Å²) in [6, 6.07) is 0.161. The number of aliphatic hydroxyl groups excluding tert-OH is 1. The number of carboxylic acids is 1. The number of amides is 2. The molecule has 4 aliphatic rings. The molecular formula is C20H25N5O6S. The van der Waals surface area contributed by atoms with E-state index >= 15 is 0 Å². The van der Waals surface area contributed by atoms with Gasteiger partial charge in [-0.3, -0.25) is 9.59 Å². The number of nitrogens with zero attached hydrogens (tertiary/aromatic N) is 3. The second-order valence-corrected chi connectivity index (χ2v) is 10.1. The number of aliphatic hydroxyl groups is 1. The molecule has 0 radical (unpaired) electrons. The molecule has 172 valence electrons. The molecule has 4 N–H and O–H groups in total. The topological polar surface area (TPSA) is 148 Å². The quantitative estimate of drug-likeness (QED) is 0.388. The van der Waals surface area contributed by atoms with Crippen molar-refractivity contribution < 1.29 is 29.0 Å². The number of thioether (sulfide) groups is 1. The van der Waals surface area contributed by atoms with E-state index in [-0.39, 0.29) is 46.5 Å². The number of anilines is 1. The summed E-state index contributed by atoms with van der Waals surface area (Å²) in [6.07, 6.45) is 0.524. The molecule has 32 heavy (non-hydrogen) atoms. The summed E-state index contributed by atoms with van der Waals surface area (Å²) in [6.45, 7) is 6.13.